The molecule has 0 atom stereocenters. The van der Waals surface area contributed by atoms with Gasteiger partial charge >= 0.3 is 0 Å². The Morgan fingerprint density at radius 1 is 0.500 bits per heavy atom. The number of rotatable bonds is 5. The molecule has 0 N–H and O–H groups in total. The van der Waals surface area contributed by atoms with Gasteiger partial charge < -0.3 is 14.7 Å². The predicted octanol–water partition coefficient (Wildman–Crippen LogP) is 17.0. The number of fused-ring (bicyclic) bond motifs is 7. The highest BCUT2D eigenvalue weighted by atomic mass is 32.1. The molecular weight excluding hydrogens is 866 g/mol. The van der Waals surface area contributed by atoms with E-state index >= 15 is 0 Å². The highest BCUT2D eigenvalue weighted by Gasteiger charge is 2.48. The van der Waals surface area contributed by atoms with Crippen molar-refractivity contribution in [3.8, 4) is 0 Å². The standard InChI is InChI=1S/C65H70BN3S/c1-41-33-44(63(8,9)10)35-48(34-41)68-54-40-52-51(64(11,12)31-32-65(52,13)14)39-53(54)66-58-55(68)37-49(67(45-21-17-15-18-22-45)46-23-19-16-20-24-46)38-56(58)69(47-28-25-42(26-29-47)61(2,3)4)59-50-36-43(62(5,6)7)27-30-57(50)70-60(59)66/h15-30,33-40H,31-32H2,1-14H3. The van der Waals surface area contributed by atoms with Crippen LogP contribution in [0.1, 0.15) is 136 Å². The van der Waals surface area contributed by atoms with Gasteiger partial charge in [-0.05, 0) is 170 Å². The molecule has 354 valence electrons. The van der Waals surface area contributed by atoms with E-state index in [9.17, 15) is 0 Å². The molecule has 1 aromatic heterocycles. The van der Waals surface area contributed by atoms with Gasteiger partial charge in [-0.1, -0.05) is 157 Å². The lowest BCUT2D eigenvalue weighted by Gasteiger charge is -2.47. The van der Waals surface area contributed by atoms with Gasteiger partial charge in [-0.15, -0.1) is 11.3 Å². The molecule has 0 bridgehead atoms. The minimum Gasteiger partial charge on any atom is -0.311 e. The summed E-state index contributed by atoms with van der Waals surface area (Å²) in [6, 6.07) is 56.4. The van der Waals surface area contributed by atoms with Crippen molar-refractivity contribution >= 4 is 95.0 Å². The van der Waals surface area contributed by atoms with Crippen LogP contribution in [0.3, 0.4) is 0 Å². The first-order valence-corrected chi connectivity index (χ1v) is 26.5. The van der Waals surface area contributed by atoms with Crippen LogP contribution >= 0.6 is 11.3 Å². The lowest BCUT2D eigenvalue weighted by molar-refractivity contribution is 0.332. The Hall–Kier alpha value is -6.04. The van der Waals surface area contributed by atoms with Crippen LogP contribution in [0.4, 0.5) is 51.2 Å². The van der Waals surface area contributed by atoms with E-state index in [-0.39, 0.29) is 33.8 Å². The van der Waals surface area contributed by atoms with Crippen LogP contribution in [0.2, 0.25) is 0 Å². The maximum atomic E-state index is 2.69. The molecule has 0 radical (unpaired) electrons. The van der Waals surface area contributed by atoms with Gasteiger partial charge in [0, 0.05) is 54.7 Å². The molecule has 11 rings (SSSR count). The molecule has 3 aliphatic rings. The first kappa shape index (κ1) is 46.4. The summed E-state index contributed by atoms with van der Waals surface area (Å²) in [6.07, 6.45) is 2.32. The molecule has 0 unspecified atom stereocenters. The molecule has 0 fully saturated rings. The van der Waals surface area contributed by atoms with E-state index in [0.717, 1.165) is 29.9 Å². The second-order valence-corrected chi connectivity index (χ2v) is 26.2. The van der Waals surface area contributed by atoms with Gasteiger partial charge in [-0.25, -0.2) is 0 Å². The van der Waals surface area contributed by atoms with Gasteiger partial charge in [0.05, 0.1) is 11.4 Å². The van der Waals surface area contributed by atoms with E-state index in [1.54, 1.807) is 0 Å². The first-order valence-electron chi connectivity index (χ1n) is 25.7. The Balaban J connectivity index is 1.33. The number of anilines is 9. The molecule has 70 heavy (non-hydrogen) atoms. The normalized spacial score (nSPS) is 15.9. The van der Waals surface area contributed by atoms with E-state index in [4.69, 9.17) is 0 Å². The Labute approximate surface area is 423 Å². The number of hydrogen-bond acceptors (Lipinski definition) is 4. The molecule has 2 aliphatic heterocycles. The molecule has 0 saturated carbocycles. The summed E-state index contributed by atoms with van der Waals surface area (Å²) < 4.78 is 2.75. The third-order valence-corrected chi connectivity index (χ3v) is 17.2. The van der Waals surface area contributed by atoms with E-state index in [2.05, 4.69) is 257 Å². The molecule has 0 saturated heterocycles. The van der Waals surface area contributed by atoms with Gasteiger partial charge in [-0.2, -0.15) is 0 Å². The number of hydrogen-bond donors (Lipinski definition) is 0. The van der Waals surface area contributed by atoms with Gasteiger partial charge in [0.25, 0.3) is 6.71 Å². The van der Waals surface area contributed by atoms with Gasteiger partial charge in [0.1, 0.15) is 0 Å². The molecule has 8 aromatic rings. The maximum absolute atomic E-state index is 2.69. The average molecular weight is 936 g/mol. The van der Waals surface area contributed by atoms with Crippen molar-refractivity contribution in [3.63, 3.8) is 0 Å². The van der Waals surface area contributed by atoms with Crippen molar-refractivity contribution < 1.29 is 0 Å². The second kappa shape index (κ2) is 16.0. The third-order valence-electron chi connectivity index (χ3n) is 15.9. The summed E-state index contributed by atoms with van der Waals surface area (Å²) in [4.78, 5) is 7.81. The summed E-state index contributed by atoms with van der Waals surface area (Å²) in [6.45, 7) is 33.3. The largest absolute Gasteiger partial charge is 0.311 e. The van der Waals surface area contributed by atoms with Crippen LogP contribution in [0, 0.1) is 6.92 Å². The Morgan fingerprint density at radius 3 is 1.61 bits per heavy atom. The molecule has 0 amide bonds. The van der Waals surface area contributed by atoms with E-state index < -0.39 is 0 Å². The maximum Gasteiger partial charge on any atom is 0.264 e. The van der Waals surface area contributed by atoms with E-state index in [0.29, 0.717) is 0 Å². The van der Waals surface area contributed by atoms with E-state index in [1.165, 1.54) is 93.3 Å². The van der Waals surface area contributed by atoms with Gasteiger partial charge in [-0.3, -0.25) is 0 Å². The van der Waals surface area contributed by atoms with Crippen molar-refractivity contribution in [2.24, 2.45) is 0 Å². The monoisotopic (exact) mass is 936 g/mol. The van der Waals surface area contributed by atoms with Crippen molar-refractivity contribution in [1.29, 1.82) is 0 Å². The number of nitrogens with zero attached hydrogens (tertiary/aromatic N) is 3. The topological polar surface area (TPSA) is 9.72 Å². The summed E-state index contributed by atoms with van der Waals surface area (Å²) in [5.74, 6) is 0. The third kappa shape index (κ3) is 7.61. The first-order chi connectivity index (χ1) is 33.0. The number of thiophene rings is 1. The lowest BCUT2D eigenvalue weighted by atomic mass is 9.35. The fraction of sp³-hybridized carbons (Fsp3) is 0.323. The molecule has 3 nitrogen and oxygen atoms in total. The Kier molecular flexibility index (Phi) is 10.6. The predicted molar refractivity (Wildman–Crippen MR) is 307 cm³/mol. The van der Waals surface area contributed by atoms with Crippen molar-refractivity contribution in [2.75, 3.05) is 14.7 Å². The molecule has 3 heterocycles. The summed E-state index contributed by atoms with van der Waals surface area (Å²) in [5, 5.41) is 1.32. The van der Waals surface area contributed by atoms with Crippen LogP contribution in [-0.4, -0.2) is 6.71 Å². The Bertz CT molecular complexity index is 3300. The molecule has 7 aromatic carbocycles. The highest BCUT2D eigenvalue weighted by molar-refractivity contribution is 7.33. The molecular formula is C65H70BN3S. The zero-order chi connectivity index (χ0) is 49.4. The van der Waals surface area contributed by atoms with Crippen LogP contribution < -0.4 is 30.4 Å². The van der Waals surface area contributed by atoms with Crippen molar-refractivity contribution in [1.82, 2.24) is 0 Å². The quantitative estimate of drug-likeness (QED) is 0.159. The number of aryl methyl sites for hydroxylation is 1. The summed E-state index contributed by atoms with van der Waals surface area (Å²) in [5.41, 5.74) is 21.9. The number of para-hydroxylation sites is 2. The lowest BCUT2D eigenvalue weighted by Crippen LogP contribution is -2.61. The average Bonchev–Trinajstić information content (AvgIpc) is 3.68. The van der Waals surface area contributed by atoms with Crippen LogP contribution in [0.15, 0.2) is 146 Å². The van der Waals surface area contributed by atoms with Gasteiger partial charge in [0.2, 0.25) is 0 Å². The SMILES string of the molecule is Cc1cc(N2c3cc4c(cc3B3c5sc6ccc(C(C)(C)C)cc6c5N(c5ccc(C(C)(C)C)cc5)c5cc(N(c6ccccc6)c6ccccc6)cc2c53)C(C)(C)CCC4(C)C)cc(C(C)(C)C)c1. The smallest absolute Gasteiger partial charge is 0.264 e. The number of benzene rings is 7. The Morgan fingerprint density at radius 2 is 1.04 bits per heavy atom. The zero-order valence-electron chi connectivity index (χ0n) is 44.1. The highest BCUT2D eigenvalue weighted by Crippen LogP contribution is 2.54. The van der Waals surface area contributed by atoms with Crippen LogP contribution in [-0.2, 0) is 27.1 Å². The molecule has 1 aliphatic carbocycles. The zero-order valence-corrected chi connectivity index (χ0v) is 44.9. The fourth-order valence-electron chi connectivity index (χ4n) is 11.7. The van der Waals surface area contributed by atoms with Crippen molar-refractivity contribution in [2.45, 2.75) is 137 Å². The molecule has 0 spiro atoms. The van der Waals surface area contributed by atoms with Gasteiger partial charge in [0.15, 0.2) is 0 Å². The van der Waals surface area contributed by atoms with Crippen LogP contribution in [0.25, 0.3) is 10.1 Å². The molecule has 5 heteroatoms. The summed E-state index contributed by atoms with van der Waals surface area (Å²) >= 11 is 2.00. The summed E-state index contributed by atoms with van der Waals surface area (Å²) in [7, 11) is 0. The second-order valence-electron chi connectivity index (χ2n) is 25.1. The fourth-order valence-corrected chi connectivity index (χ4v) is 13.0. The van der Waals surface area contributed by atoms with Crippen LogP contribution in [0.5, 0.6) is 0 Å². The van der Waals surface area contributed by atoms with Crippen molar-refractivity contribution in [3.05, 3.63) is 179 Å². The minimum atomic E-state index is -0.0453. The minimum absolute atomic E-state index is 0.000759. The van der Waals surface area contributed by atoms with E-state index in [1.807, 2.05) is 11.3 Å².